The van der Waals surface area contributed by atoms with Crippen LogP contribution in [0.25, 0.3) is 10.9 Å². The molecular weight excluding hydrogens is 348 g/mol. The number of piperidine rings is 1. The zero-order valence-corrected chi connectivity index (χ0v) is 17.1. The van der Waals surface area contributed by atoms with Crippen LogP contribution in [-0.4, -0.2) is 53.8 Å². The normalized spacial score (nSPS) is 29.0. The molecule has 0 bridgehead atoms. The molecule has 2 fully saturated rings. The molecule has 5 heteroatoms. The molecule has 4 rings (SSSR count). The summed E-state index contributed by atoms with van der Waals surface area (Å²) in [6.07, 6.45) is 6.02. The van der Waals surface area contributed by atoms with Gasteiger partial charge in [0.1, 0.15) is 6.07 Å². The van der Waals surface area contributed by atoms with Crippen molar-refractivity contribution >= 4 is 16.6 Å². The number of nitriles is 1. The minimum Gasteiger partial charge on any atom is -0.370 e. The van der Waals surface area contributed by atoms with Gasteiger partial charge in [-0.2, -0.15) is 5.26 Å². The summed E-state index contributed by atoms with van der Waals surface area (Å²) in [6, 6.07) is 11.5. The van der Waals surface area contributed by atoms with Crippen LogP contribution in [0, 0.1) is 11.3 Å². The van der Waals surface area contributed by atoms with E-state index in [0.29, 0.717) is 17.6 Å². The Bertz CT molecular complexity index is 867. The van der Waals surface area contributed by atoms with Crippen molar-refractivity contribution in [2.24, 2.45) is 0 Å². The van der Waals surface area contributed by atoms with Gasteiger partial charge in [0.15, 0.2) is 0 Å². The lowest BCUT2D eigenvalue weighted by atomic mass is 9.96. The number of likely N-dealkylation sites (tertiary alicyclic amines) is 1. The molecule has 4 atom stereocenters. The van der Waals surface area contributed by atoms with Crippen molar-refractivity contribution < 1.29 is 4.74 Å². The van der Waals surface area contributed by atoms with Crippen LogP contribution in [0.4, 0.5) is 5.69 Å². The molecular formula is C23H30N4O. The first kappa shape index (κ1) is 19.2. The lowest BCUT2D eigenvalue weighted by molar-refractivity contribution is -0.0493. The van der Waals surface area contributed by atoms with Crippen LogP contribution >= 0.6 is 0 Å². The molecule has 148 valence electrons. The van der Waals surface area contributed by atoms with E-state index in [-0.39, 0.29) is 12.2 Å². The fourth-order valence-electron chi connectivity index (χ4n) is 4.94. The third-order valence-corrected chi connectivity index (χ3v) is 6.32. The molecule has 28 heavy (non-hydrogen) atoms. The Balaban J connectivity index is 1.59. The van der Waals surface area contributed by atoms with Crippen molar-refractivity contribution in [2.75, 3.05) is 24.5 Å². The number of nitrogens with zero attached hydrogens (tertiary/aromatic N) is 4. The predicted molar refractivity (Wildman–Crippen MR) is 112 cm³/mol. The van der Waals surface area contributed by atoms with E-state index in [1.807, 2.05) is 12.1 Å². The van der Waals surface area contributed by atoms with E-state index in [0.717, 1.165) is 36.2 Å². The molecule has 1 aromatic heterocycles. The molecule has 0 radical (unpaired) electrons. The number of ether oxygens (including phenoxy) is 1. The number of anilines is 1. The second-order valence-corrected chi connectivity index (χ2v) is 8.44. The average molecular weight is 379 g/mol. The predicted octanol–water partition coefficient (Wildman–Crippen LogP) is 3.96. The fraction of sp³-hybridized carbons (Fsp3) is 0.565. The summed E-state index contributed by atoms with van der Waals surface area (Å²) >= 11 is 0. The molecule has 2 saturated heterocycles. The van der Waals surface area contributed by atoms with Crippen molar-refractivity contribution in [1.29, 1.82) is 5.26 Å². The number of rotatable bonds is 3. The van der Waals surface area contributed by atoms with Crippen LogP contribution in [0.15, 0.2) is 30.5 Å². The second kappa shape index (κ2) is 8.06. The lowest BCUT2D eigenvalue weighted by Gasteiger charge is -2.44. The van der Waals surface area contributed by atoms with Crippen molar-refractivity contribution in [3.8, 4) is 6.07 Å². The maximum atomic E-state index is 9.42. The summed E-state index contributed by atoms with van der Waals surface area (Å²) in [4.78, 5) is 9.52. The Hall–Kier alpha value is -2.16. The molecule has 0 N–H and O–H groups in total. The van der Waals surface area contributed by atoms with Crippen molar-refractivity contribution in [3.05, 3.63) is 36.0 Å². The highest BCUT2D eigenvalue weighted by molar-refractivity contribution is 5.95. The number of hydrogen-bond donors (Lipinski definition) is 0. The zero-order chi connectivity index (χ0) is 19.7. The lowest BCUT2D eigenvalue weighted by Crippen LogP contribution is -2.54. The van der Waals surface area contributed by atoms with Gasteiger partial charge in [-0.25, -0.2) is 0 Å². The Kier molecular flexibility index (Phi) is 5.52. The molecule has 2 aliphatic heterocycles. The Morgan fingerprint density at radius 3 is 2.68 bits per heavy atom. The number of aromatic nitrogens is 1. The van der Waals surface area contributed by atoms with Gasteiger partial charge in [-0.15, -0.1) is 0 Å². The fourth-order valence-corrected chi connectivity index (χ4v) is 4.94. The maximum absolute atomic E-state index is 9.42. The van der Waals surface area contributed by atoms with Crippen LogP contribution in [0.5, 0.6) is 0 Å². The van der Waals surface area contributed by atoms with Crippen molar-refractivity contribution in [1.82, 2.24) is 9.88 Å². The maximum Gasteiger partial charge on any atom is 0.101 e. The largest absolute Gasteiger partial charge is 0.370 e. The van der Waals surface area contributed by atoms with Crippen LogP contribution in [0.1, 0.15) is 45.6 Å². The number of fused-ring (bicyclic) bond motifs is 1. The number of morpholine rings is 1. The summed E-state index contributed by atoms with van der Waals surface area (Å²) in [7, 11) is 0. The number of pyridine rings is 1. The van der Waals surface area contributed by atoms with E-state index >= 15 is 0 Å². The molecule has 5 nitrogen and oxygen atoms in total. The van der Waals surface area contributed by atoms with Gasteiger partial charge in [0.2, 0.25) is 0 Å². The molecule has 0 amide bonds. The van der Waals surface area contributed by atoms with Gasteiger partial charge in [-0.3, -0.25) is 9.88 Å². The third-order valence-electron chi connectivity index (χ3n) is 6.32. The molecule has 2 aromatic rings. The van der Waals surface area contributed by atoms with Crippen molar-refractivity contribution in [3.63, 3.8) is 0 Å². The van der Waals surface area contributed by atoms with Gasteiger partial charge in [0.05, 0.1) is 23.3 Å². The second-order valence-electron chi connectivity index (χ2n) is 8.44. The number of hydrogen-bond acceptors (Lipinski definition) is 5. The van der Waals surface area contributed by atoms with Gasteiger partial charge in [0, 0.05) is 49.0 Å². The average Bonchev–Trinajstić information content (AvgIpc) is 2.69. The molecule has 0 saturated carbocycles. The highest BCUT2D eigenvalue weighted by Crippen LogP contribution is 2.31. The standard InChI is InChI=1S/C23H30N4O/c1-16-6-4-7-17(2)27(16)15-20-14-26(13-18(3)28-20)22-10-9-19(12-24)23-21(22)8-5-11-25-23/h5,8-11,16-18,20H,4,6-7,13-15H2,1-3H3/t16-,17+,18-,20-/m1/s1. The summed E-state index contributed by atoms with van der Waals surface area (Å²) in [6.45, 7) is 9.56. The summed E-state index contributed by atoms with van der Waals surface area (Å²) in [5.41, 5.74) is 2.58. The van der Waals surface area contributed by atoms with Gasteiger partial charge >= 0.3 is 0 Å². The molecule has 0 aliphatic carbocycles. The smallest absolute Gasteiger partial charge is 0.101 e. The van der Waals surface area contributed by atoms with Gasteiger partial charge < -0.3 is 9.64 Å². The third kappa shape index (κ3) is 3.72. The molecule has 3 heterocycles. The first-order valence-electron chi connectivity index (χ1n) is 10.5. The van der Waals surface area contributed by atoms with E-state index < -0.39 is 0 Å². The molecule has 0 unspecified atom stereocenters. The summed E-state index contributed by atoms with van der Waals surface area (Å²) in [5, 5.41) is 10.5. The van der Waals surface area contributed by atoms with Gasteiger partial charge in [0.25, 0.3) is 0 Å². The van der Waals surface area contributed by atoms with E-state index in [9.17, 15) is 5.26 Å². The van der Waals surface area contributed by atoms with Crippen molar-refractivity contribution in [2.45, 2.75) is 64.3 Å². The van der Waals surface area contributed by atoms with Crippen LogP contribution in [0.3, 0.4) is 0 Å². The Labute approximate surface area is 167 Å². The zero-order valence-electron chi connectivity index (χ0n) is 17.1. The Morgan fingerprint density at radius 2 is 1.93 bits per heavy atom. The first-order valence-corrected chi connectivity index (χ1v) is 10.5. The highest BCUT2D eigenvalue weighted by Gasteiger charge is 2.32. The Morgan fingerprint density at radius 1 is 1.14 bits per heavy atom. The molecule has 0 spiro atoms. The minimum absolute atomic E-state index is 0.177. The van der Waals surface area contributed by atoms with Gasteiger partial charge in [-0.05, 0) is 57.9 Å². The first-order chi connectivity index (χ1) is 13.6. The van der Waals surface area contributed by atoms with E-state index in [4.69, 9.17) is 4.74 Å². The van der Waals surface area contributed by atoms with E-state index in [1.165, 1.54) is 19.3 Å². The minimum atomic E-state index is 0.177. The number of benzene rings is 1. The van der Waals surface area contributed by atoms with Crippen LogP contribution < -0.4 is 4.90 Å². The monoisotopic (exact) mass is 378 g/mol. The van der Waals surface area contributed by atoms with Crippen LogP contribution in [0.2, 0.25) is 0 Å². The molecule has 1 aromatic carbocycles. The topological polar surface area (TPSA) is 52.4 Å². The van der Waals surface area contributed by atoms with Crippen LogP contribution in [-0.2, 0) is 4.74 Å². The van der Waals surface area contributed by atoms with Gasteiger partial charge in [-0.1, -0.05) is 6.42 Å². The molecule has 2 aliphatic rings. The SMILES string of the molecule is C[C@@H]1CN(c2ccc(C#N)c3ncccc23)C[C@H](CN2[C@H](C)CCC[C@@H]2C)O1. The highest BCUT2D eigenvalue weighted by atomic mass is 16.5. The van der Waals surface area contributed by atoms with E-state index in [1.54, 1.807) is 6.20 Å². The summed E-state index contributed by atoms with van der Waals surface area (Å²) in [5.74, 6) is 0. The summed E-state index contributed by atoms with van der Waals surface area (Å²) < 4.78 is 6.34. The quantitative estimate of drug-likeness (QED) is 0.809. The van der Waals surface area contributed by atoms with E-state index in [2.05, 4.69) is 53.8 Å².